The largest absolute Gasteiger partial charge is 0.472 e. The quantitative estimate of drug-likeness (QED) is 0.0211. The highest BCUT2D eigenvalue weighted by Gasteiger charge is 2.27. The molecule has 78 heavy (non-hydrogen) atoms. The molecule has 0 aliphatic rings. The molecule has 1 N–H and O–H groups in total. The van der Waals surface area contributed by atoms with Gasteiger partial charge < -0.3 is 18.9 Å². The van der Waals surface area contributed by atoms with Crippen LogP contribution in [0.1, 0.15) is 348 Å². The molecule has 0 aliphatic heterocycles. The van der Waals surface area contributed by atoms with Gasteiger partial charge in [0.05, 0.1) is 27.7 Å². The van der Waals surface area contributed by atoms with Gasteiger partial charge >= 0.3 is 19.8 Å². The van der Waals surface area contributed by atoms with E-state index >= 15 is 0 Å². The third kappa shape index (κ3) is 63.7. The Labute approximate surface area is 485 Å². The summed E-state index contributed by atoms with van der Waals surface area (Å²) in [5.74, 6) is -0.777. The number of rotatable bonds is 64. The fraction of sp³-hybridized carbons (Fsp3) is 0.912. The van der Waals surface area contributed by atoms with Crippen LogP contribution in [-0.2, 0) is 32.7 Å². The van der Waals surface area contributed by atoms with Crippen molar-refractivity contribution < 1.29 is 42.1 Å². The molecule has 0 aromatic heterocycles. The number of nitrogens with zero attached hydrogens (tertiary/aromatic N) is 1. The van der Waals surface area contributed by atoms with Crippen molar-refractivity contribution in [2.45, 2.75) is 354 Å². The molecule has 0 saturated carbocycles. The Bertz CT molecular complexity index is 1370. The fourth-order valence-electron chi connectivity index (χ4n) is 10.2. The average Bonchev–Trinajstić information content (AvgIpc) is 3.40. The van der Waals surface area contributed by atoms with Crippen LogP contribution in [0.5, 0.6) is 0 Å². The van der Waals surface area contributed by atoms with Crippen molar-refractivity contribution in [2.24, 2.45) is 0 Å². The molecule has 0 bridgehead atoms. The maximum atomic E-state index is 12.9. The van der Waals surface area contributed by atoms with E-state index in [-0.39, 0.29) is 25.6 Å². The smallest absolute Gasteiger partial charge is 0.462 e. The lowest BCUT2D eigenvalue weighted by Gasteiger charge is -2.24. The maximum absolute atomic E-state index is 12.9. The first kappa shape index (κ1) is 76.5. The number of allylic oxidation sites excluding steroid dienone is 4. The molecule has 2 unspecified atom stereocenters. The monoisotopic (exact) mass is 1120 g/mol. The third-order valence-electron chi connectivity index (χ3n) is 15.5. The molecule has 0 fully saturated rings. The molecule has 0 radical (unpaired) electrons. The minimum absolute atomic E-state index is 0.0347. The first-order valence-electron chi connectivity index (χ1n) is 34.1. The summed E-state index contributed by atoms with van der Waals surface area (Å²) >= 11 is 0. The van der Waals surface area contributed by atoms with Gasteiger partial charge in [0.2, 0.25) is 0 Å². The van der Waals surface area contributed by atoms with Crippen LogP contribution in [0, 0.1) is 0 Å². The number of phosphoric ester groups is 1. The van der Waals surface area contributed by atoms with Crippen LogP contribution in [0.2, 0.25) is 0 Å². The van der Waals surface area contributed by atoms with Crippen molar-refractivity contribution in [1.82, 2.24) is 0 Å². The summed E-state index contributed by atoms with van der Waals surface area (Å²) in [5.41, 5.74) is 0. The van der Waals surface area contributed by atoms with Crippen LogP contribution in [0.4, 0.5) is 0 Å². The Morgan fingerprint density at radius 3 is 1.01 bits per heavy atom. The molecule has 9 nitrogen and oxygen atoms in total. The van der Waals surface area contributed by atoms with Crippen molar-refractivity contribution in [2.75, 3.05) is 47.5 Å². The Kier molecular flexibility index (Phi) is 58.9. The van der Waals surface area contributed by atoms with Crippen LogP contribution in [0.3, 0.4) is 0 Å². The Morgan fingerprint density at radius 2 is 0.692 bits per heavy atom. The number of ether oxygens (including phenoxy) is 2. The SMILES string of the molecule is CCCCCCC/C=C\C/C=C\CCCCCCCCCCCCCCCC(=O)OC(COC(=O)CCCCCCCCCCCCCCCCCCCCCCCCCCCCCCC)COP(=O)(O)OCC[N+](C)(C)C. The molecule has 0 aromatic rings. The van der Waals surface area contributed by atoms with Gasteiger partial charge in [-0.05, 0) is 44.9 Å². The van der Waals surface area contributed by atoms with Crippen LogP contribution >= 0.6 is 7.82 Å². The molecule has 2 atom stereocenters. The summed E-state index contributed by atoms with van der Waals surface area (Å²) in [6, 6.07) is 0. The molecule has 462 valence electrons. The second-order valence-electron chi connectivity index (χ2n) is 24.6. The molecular weight excluding hydrogens is 990 g/mol. The second kappa shape index (κ2) is 60.1. The highest BCUT2D eigenvalue weighted by atomic mass is 31.2. The van der Waals surface area contributed by atoms with E-state index in [1.54, 1.807) is 0 Å². The molecule has 0 spiro atoms. The number of carbonyl (C=O) groups excluding carboxylic acids is 2. The highest BCUT2D eigenvalue weighted by Crippen LogP contribution is 2.43. The summed E-state index contributed by atoms with van der Waals surface area (Å²) in [6.07, 6.45) is 74.2. The Morgan fingerprint density at radius 1 is 0.397 bits per heavy atom. The minimum Gasteiger partial charge on any atom is -0.462 e. The van der Waals surface area contributed by atoms with E-state index in [9.17, 15) is 19.0 Å². The van der Waals surface area contributed by atoms with Crippen LogP contribution < -0.4 is 0 Å². The van der Waals surface area contributed by atoms with Gasteiger partial charge in [-0.1, -0.05) is 314 Å². The van der Waals surface area contributed by atoms with Crippen molar-refractivity contribution in [3.63, 3.8) is 0 Å². The summed E-state index contributed by atoms with van der Waals surface area (Å²) in [7, 11) is 1.50. The van der Waals surface area contributed by atoms with E-state index in [0.717, 1.165) is 38.5 Å². The van der Waals surface area contributed by atoms with E-state index in [0.29, 0.717) is 23.9 Å². The lowest BCUT2D eigenvalue weighted by atomic mass is 10.0. The van der Waals surface area contributed by atoms with E-state index in [4.69, 9.17) is 18.5 Å². The molecule has 0 aliphatic carbocycles. The normalized spacial score (nSPS) is 13.3. The number of unbranched alkanes of at least 4 members (excludes halogenated alkanes) is 46. The zero-order valence-electron chi connectivity index (χ0n) is 52.7. The summed E-state index contributed by atoms with van der Waals surface area (Å²) < 4.78 is 34.7. The summed E-state index contributed by atoms with van der Waals surface area (Å²) in [5, 5.41) is 0. The van der Waals surface area contributed by atoms with Crippen LogP contribution in [0.25, 0.3) is 0 Å². The highest BCUT2D eigenvalue weighted by molar-refractivity contribution is 7.47. The zero-order valence-corrected chi connectivity index (χ0v) is 53.6. The Balaban J connectivity index is 4.01. The zero-order chi connectivity index (χ0) is 57.0. The average molecular weight is 1120 g/mol. The number of hydrogen-bond acceptors (Lipinski definition) is 7. The predicted octanol–water partition coefficient (Wildman–Crippen LogP) is 21.7. The lowest BCUT2D eigenvalue weighted by Crippen LogP contribution is -2.37. The lowest BCUT2D eigenvalue weighted by molar-refractivity contribution is -0.870. The van der Waals surface area contributed by atoms with E-state index in [1.165, 1.54) is 276 Å². The molecule has 0 heterocycles. The van der Waals surface area contributed by atoms with Crippen molar-refractivity contribution in [1.29, 1.82) is 0 Å². The van der Waals surface area contributed by atoms with Gasteiger partial charge in [0.15, 0.2) is 6.10 Å². The second-order valence-corrected chi connectivity index (χ2v) is 26.0. The van der Waals surface area contributed by atoms with E-state index < -0.39 is 26.5 Å². The number of carbonyl (C=O) groups is 2. The molecule has 0 amide bonds. The number of esters is 2. The standard InChI is InChI=1S/C68H132NO8P/c1-6-8-10-12-14-16-18-20-22-24-26-28-30-32-33-34-35-37-38-40-42-44-46-48-50-52-54-56-58-60-67(70)74-64-66(65-76-78(72,73)75-63-62-69(3,4)5)77-68(71)61-59-57-55-53-51-49-47-45-43-41-39-36-31-29-27-25-23-21-19-17-15-13-11-9-7-2/h19,21,25,27,66H,6-18,20,22-24,26,28-65H2,1-5H3/p+1/b21-19-,27-25-. The van der Waals surface area contributed by atoms with Gasteiger partial charge in [-0.3, -0.25) is 18.6 Å². The number of phosphoric acid groups is 1. The van der Waals surface area contributed by atoms with Gasteiger partial charge in [0.1, 0.15) is 19.8 Å². The Hall–Kier alpha value is -1.51. The van der Waals surface area contributed by atoms with Crippen LogP contribution in [-0.4, -0.2) is 74.9 Å². The van der Waals surface area contributed by atoms with Crippen molar-refractivity contribution >= 4 is 19.8 Å². The first-order valence-corrected chi connectivity index (χ1v) is 35.6. The van der Waals surface area contributed by atoms with E-state index in [1.807, 2.05) is 21.1 Å². The predicted molar refractivity (Wildman–Crippen MR) is 335 cm³/mol. The van der Waals surface area contributed by atoms with Gasteiger partial charge in [-0.15, -0.1) is 0 Å². The van der Waals surface area contributed by atoms with Crippen molar-refractivity contribution in [3.05, 3.63) is 24.3 Å². The minimum atomic E-state index is -4.39. The van der Waals surface area contributed by atoms with Gasteiger partial charge in [-0.2, -0.15) is 0 Å². The third-order valence-corrected chi connectivity index (χ3v) is 16.5. The molecule has 0 rings (SSSR count). The van der Waals surface area contributed by atoms with E-state index in [2.05, 4.69) is 38.2 Å². The molecule has 0 aromatic carbocycles. The topological polar surface area (TPSA) is 108 Å². The molecule has 0 saturated heterocycles. The van der Waals surface area contributed by atoms with Crippen LogP contribution in [0.15, 0.2) is 24.3 Å². The van der Waals surface area contributed by atoms with Gasteiger partial charge in [-0.25, -0.2) is 4.57 Å². The number of likely N-dealkylation sites (N-methyl/N-ethyl adjacent to an activating group) is 1. The van der Waals surface area contributed by atoms with Gasteiger partial charge in [0, 0.05) is 12.8 Å². The van der Waals surface area contributed by atoms with Crippen molar-refractivity contribution in [3.8, 4) is 0 Å². The number of quaternary nitrogens is 1. The maximum Gasteiger partial charge on any atom is 0.472 e. The summed E-state index contributed by atoms with van der Waals surface area (Å²) in [4.78, 5) is 35.8. The fourth-order valence-corrected chi connectivity index (χ4v) is 11.0. The molecular formula is C68H133NO8P+. The summed E-state index contributed by atoms with van der Waals surface area (Å²) in [6.45, 7) is 4.50. The first-order chi connectivity index (χ1) is 38.0. The number of hydrogen-bond donors (Lipinski definition) is 1. The van der Waals surface area contributed by atoms with Gasteiger partial charge in [0.25, 0.3) is 0 Å². The molecule has 10 heteroatoms.